The van der Waals surface area contributed by atoms with Gasteiger partial charge in [0, 0.05) is 32.8 Å². The lowest BCUT2D eigenvalue weighted by molar-refractivity contribution is -0.140. The van der Waals surface area contributed by atoms with Crippen LogP contribution in [0.5, 0.6) is 0 Å². The van der Waals surface area contributed by atoms with Gasteiger partial charge in [0.2, 0.25) is 0 Å². The summed E-state index contributed by atoms with van der Waals surface area (Å²) in [5.74, 6) is -0.342. The first kappa shape index (κ1) is 19.0. The predicted molar refractivity (Wildman–Crippen MR) is 127 cm³/mol. The number of imide groups is 1. The predicted octanol–water partition coefficient (Wildman–Crippen LogP) is 4.44. The number of nitrogens with zero attached hydrogens (tertiary/aromatic N) is 3. The fourth-order valence-corrected chi connectivity index (χ4v) is 5.78. The first-order valence-corrected chi connectivity index (χ1v) is 11.6. The average molecular weight is 521 g/mol. The Morgan fingerprint density at radius 2 is 1.65 bits per heavy atom. The van der Waals surface area contributed by atoms with Crippen molar-refractivity contribution in [2.45, 2.75) is 13.0 Å². The van der Waals surface area contributed by atoms with Gasteiger partial charge >= 0.3 is 0 Å². The number of amides is 2. The Morgan fingerprint density at radius 3 is 2.35 bits per heavy atom. The molecule has 4 atom stereocenters. The summed E-state index contributed by atoms with van der Waals surface area (Å²) in [5, 5.41) is 6.56. The van der Waals surface area contributed by atoms with E-state index < -0.39 is 0 Å². The SMILES string of the molecule is O=C1[C@@H]2[C@H](C(=O)N1/N=C\c1cn(Cc3ccc(I)cc3)c3ccccc13)[C@H]1C=C[C@H]2C1. The van der Waals surface area contributed by atoms with Gasteiger partial charge in [0.15, 0.2) is 0 Å². The van der Waals surface area contributed by atoms with Gasteiger partial charge in [0.05, 0.1) is 18.1 Å². The molecule has 3 aromatic rings. The Kier molecular flexibility index (Phi) is 4.38. The Morgan fingerprint density at radius 1 is 0.968 bits per heavy atom. The number of halogens is 1. The second-order valence-corrected chi connectivity index (χ2v) is 9.83. The van der Waals surface area contributed by atoms with E-state index in [1.807, 2.05) is 24.4 Å². The Labute approximate surface area is 193 Å². The van der Waals surface area contributed by atoms with Gasteiger partial charge in [0.1, 0.15) is 0 Å². The normalized spacial score (nSPS) is 26.7. The van der Waals surface area contributed by atoms with Crippen LogP contribution in [0.15, 0.2) is 72.0 Å². The van der Waals surface area contributed by atoms with Gasteiger partial charge in [-0.05, 0) is 64.6 Å². The van der Waals surface area contributed by atoms with E-state index >= 15 is 0 Å². The highest BCUT2D eigenvalue weighted by atomic mass is 127. The zero-order valence-electron chi connectivity index (χ0n) is 16.7. The van der Waals surface area contributed by atoms with Crippen LogP contribution in [0.25, 0.3) is 10.9 Å². The molecule has 1 aliphatic heterocycles. The third-order valence-corrected chi connectivity index (χ3v) is 7.56. The van der Waals surface area contributed by atoms with Gasteiger partial charge in [-0.15, -0.1) is 0 Å². The summed E-state index contributed by atoms with van der Waals surface area (Å²) in [4.78, 5) is 25.8. The van der Waals surface area contributed by atoms with Gasteiger partial charge in [0.25, 0.3) is 11.8 Å². The summed E-state index contributed by atoms with van der Waals surface area (Å²) < 4.78 is 3.39. The minimum Gasteiger partial charge on any atom is -0.342 e. The zero-order chi connectivity index (χ0) is 21.1. The molecule has 5 nitrogen and oxygen atoms in total. The lowest BCUT2D eigenvalue weighted by Crippen LogP contribution is -2.28. The third kappa shape index (κ3) is 2.99. The molecule has 2 heterocycles. The van der Waals surface area contributed by atoms with Crippen LogP contribution < -0.4 is 0 Å². The molecule has 0 spiro atoms. The summed E-state index contributed by atoms with van der Waals surface area (Å²) in [7, 11) is 0. The number of benzene rings is 2. The van der Waals surface area contributed by atoms with Crippen molar-refractivity contribution in [3.05, 3.63) is 81.6 Å². The van der Waals surface area contributed by atoms with Crippen molar-refractivity contribution in [3.63, 3.8) is 0 Å². The van der Waals surface area contributed by atoms with Crippen LogP contribution in [0.4, 0.5) is 0 Å². The highest BCUT2D eigenvalue weighted by Crippen LogP contribution is 2.52. The van der Waals surface area contributed by atoms with Gasteiger partial charge in [-0.3, -0.25) is 9.59 Å². The largest absolute Gasteiger partial charge is 0.342 e. The number of allylic oxidation sites excluding steroid dienone is 2. The number of fused-ring (bicyclic) bond motifs is 6. The number of para-hydroxylation sites is 1. The molecule has 3 aliphatic rings. The van der Waals surface area contributed by atoms with Crippen LogP contribution in [-0.4, -0.2) is 27.6 Å². The summed E-state index contributed by atoms with van der Waals surface area (Å²) >= 11 is 2.31. The number of aromatic nitrogens is 1. The molecule has 0 radical (unpaired) electrons. The average Bonchev–Trinajstić information content (AvgIpc) is 3.53. The smallest absolute Gasteiger partial charge is 0.254 e. The molecule has 154 valence electrons. The first-order valence-electron chi connectivity index (χ1n) is 10.5. The Balaban J connectivity index is 1.31. The van der Waals surface area contributed by atoms with Gasteiger partial charge in [-0.25, -0.2) is 0 Å². The molecule has 1 saturated heterocycles. The molecular formula is C25H20IN3O2. The number of hydrogen-bond donors (Lipinski definition) is 0. The van der Waals surface area contributed by atoms with Crippen LogP contribution in [0, 0.1) is 27.2 Å². The van der Waals surface area contributed by atoms with Gasteiger partial charge < -0.3 is 4.57 Å². The van der Waals surface area contributed by atoms with Crippen molar-refractivity contribution >= 4 is 51.5 Å². The molecule has 2 aromatic carbocycles. The highest BCUT2D eigenvalue weighted by Gasteiger charge is 2.59. The topological polar surface area (TPSA) is 54.7 Å². The highest BCUT2D eigenvalue weighted by molar-refractivity contribution is 14.1. The van der Waals surface area contributed by atoms with E-state index in [-0.39, 0.29) is 35.5 Å². The minimum absolute atomic E-state index is 0.147. The Bertz CT molecular complexity index is 1240. The standard InChI is InChI=1S/C25H20IN3O2/c26-19-9-5-15(6-10-19)13-28-14-18(20-3-1-2-4-21(20)28)12-27-29-24(30)22-16-7-8-17(11-16)23(22)25(29)31/h1-10,12,14,16-17,22-23H,11,13H2/b27-12-/t16-,17-,22-,23+/m0/s1. The third-order valence-electron chi connectivity index (χ3n) is 6.84. The summed E-state index contributed by atoms with van der Waals surface area (Å²) in [6.07, 6.45) is 8.84. The quantitative estimate of drug-likeness (QED) is 0.221. The molecule has 2 bridgehead atoms. The van der Waals surface area contributed by atoms with E-state index in [0.717, 1.165) is 34.4 Å². The molecule has 0 N–H and O–H groups in total. The molecular weight excluding hydrogens is 501 g/mol. The number of hydrazone groups is 1. The summed E-state index contributed by atoms with van der Waals surface area (Å²) in [6.45, 7) is 0.742. The molecule has 2 amide bonds. The lowest BCUT2D eigenvalue weighted by atomic mass is 9.85. The van der Waals surface area contributed by atoms with Crippen molar-refractivity contribution in [2.75, 3.05) is 0 Å². The fourth-order valence-electron chi connectivity index (χ4n) is 5.42. The number of rotatable bonds is 4. The molecule has 0 unspecified atom stereocenters. The van der Waals surface area contributed by atoms with Crippen LogP contribution in [0.2, 0.25) is 0 Å². The molecule has 2 aliphatic carbocycles. The first-order chi connectivity index (χ1) is 15.1. The molecule has 6 heteroatoms. The van der Waals surface area contributed by atoms with E-state index in [2.05, 4.69) is 74.7 Å². The maximum atomic E-state index is 12.9. The monoisotopic (exact) mass is 521 g/mol. The maximum Gasteiger partial charge on any atom is 0.254 e. The molecule has 1 aromatic heterocycles. The molecule has 2 fully saturated rings. The van der Waals surface area contributed by atoms with E-state index in [4.69, 9.17) is 0 Å². The van der Waals surface area contributed by atoms with Crippen LogP contribution in [-0.2, 0) is 16.1 Å². The van der Waals surface area contributed by atoms with Crippen molar-refractivity contribution in [1.82, 2.24) is 9.58 Å². The zero-order valence-corrected chi connectivity index (χ0v) is 18.8. The van der Waals surface area contributed by atoms with Crippen molar-refractivity contribution in [3.8, 4) is 0 Å². The van der Waals surface area contributed by atoms with Crippen LogP contribution in [0.1, 0.15) is 17.5 Å². The van der Waals surface area contributed by atoms with E-state index in [9.17, 15) is 9.59 Å². The second kappa shape index (κ2) is 7.15. The molecule has 31 heavy (non-hydrogen) atoms. The fraction of sp³-hybridized carbons (Fsp3) is 0.240. The number of carbonyl (C=O) groups excluding carboxylic acids is 2. The lowest BCUT2D eigenvalue weighted by Gasteiger charge is -2.13. The van der Waals surface area contributed by atoms with E-state index in [1.54, 1.807) is 6.21 Å². The van der Waals surface area contributed by atoms with E-state index in [1.165, 1.54) is 9.13 Å². The van der Waals surface area contributed by atoms with Gasteiger partial charge in [-0.2, -0.15) is 10.1 Å². The number of hydrogen-bond acceptors (Lipinski definition) is 3. The molecule has 6 rings (SSSR count). The Hall–Kier alpha value is -2.74. The maximum absolute atomic E-state index is 12.9. The van der Waals surface area contributed by atoms with Crippen molar-refractivity contribution in [1.29, 1.82) is 0 Å². The summed E-state index contributed by atoms with van der Waals surface area (Å²) in [5.41, 5.74) is 3.21. The van der Waals surface area contributed by atoms with Gasteiger partial charge in [-0.1, -0.05) is 42.5 Å². The van der Waals surface area contributed by atoms with Crippen molar-refractivity contribution < 1.29 is 9.59 Å². The van der Waals surface area contributed by atoms with Crippen molar-refractivity contribution in [2.24, 2.45) is 28.8 Å². The van der Waals surface area contributed by atoms with Crippen LogP contribution in [0.3, 0.4) is 0 Å². The molecule has 1 saturated carbocycles. The van der Waals surface area contributed by atoms with Crippen LogP contribution >= 0.6 is 22.6 Å². The number of carbonyl (C=O) groups is 2. The minimum atomic E-state index is -0.220. The van der Waals surface area contributed by atoms with E-state index in [0.29, 0.717) is 0 Å². The second-order valence-electron chi connectivity index (χ2n) is 8.59. The summed E-state index contributed by atoms with van der Waals surface area (Å²) in [6, 6.07) is 16.6.